The number of aromatic nitrogens is 2. The minimum atomic E-state index is 0.238. The third-order valence-corrected chi connectivity index (χ3v) is 5.31. The van der Waals surface area contributed by atoms with Gasteiger partial charge in [0.25, 0.3) is 0 Å². The lowest BCUT2D eigenvalue weighted by molar-refractivity contribution is 0.306. The molecule has 6 heteroatoms. The number of rotatable bonds is 10. The Labute approximate surface area is 159 Å². The molecular weight excluding hydrogens is 324 g/mol. The van der Waals surface area contributed by atoms with E-state index in [0.29, 0.717) is 0 Å². The minimum absolute atomic E-state index is 0.238. The van der Waals surface area contributed by atoms with Gasteiger partial charge in [-0.2, -0.15) is 5.10 Å². The Morgan fingerprint density at radius 2 is 2.08 bits per heavy atom. The fourth-order valence-corrected chi connectivity index (χ4v) is 3.76. The van der Waals surface area contributed by atoms with Crippen LogP contribution in [0.25, 0.3) is 0 Å². The van der Waals surface area contributed by atoms with E-state index in [1.807, 2.05) is 17.9 Å². The van der Waals surface area contributed by atoms with Crippen LogP contribution in [0.1, 0.15) is 63.5 Å². The van der Waals surface area contributed by atoms with E-state index in [1.54, 1.807) is 0 Å². The van der Waals surface area contributed by atoms with Crippen LogP contribution in [0.2, 0.25) is 0 Å². The molecule has 0 radical (unpaired) electrons. The second kappa shape index (κ2) is 11.2. The Hall–Kier alpha value is -1.56. The summed E-state index contributed by atoms with van der Waals surface area (Å²) in [4.78, 5) is 7.01. The molecule has 0 saturated heterocycles. The average molecular weight is 363 g/mol. The molecular formula is C20H38N6. The maximum absolute atomic E-state index is 4.81. The Kier molecular flexibility index (Phi) is 8.95. The molecule has 1 saturated carbocycles. The molecule has 1 unspecified atom stereocenters. The van der Waals surface area contributed by atoms with E-state index in [0.717, 1.165) is 31.5 Å². The van der Waals surface area contributed by atoms with Crippen LogP contribution in [0.3, 0.4) is 0 Å². The first-order chi connectivity index (χ1) is 12.6. The molecule has 0 spiro atoms. The van der Waals surface area contributed by atoms with Gasteiger partial charge in [-0.15, -0.1) is 0 Å². The molecule has 1 atom stereocenters. The van der Waals surface area contributed by atoms with Crippen molar-refractivity contribution in [3.05, 3.63) is 18.0 Å². The number of guanidine groups is 1. The first-order valence-corrected chi connectivity index (χ1v) is 10.3. The molecule has 1 aliphatic rings. The topological polar surface area (TPSA) is 57.5 Å². The van der Waals surface area contributed by atoms with Crippen molar-refractivity contribution >= 4 is 5.96 Å². The van der Waals surface area contributed by atoms with Crippen LogP contribution < -0.4 is 10.6 Å². The SMILES string of the molecule is CCNC(=NCC(c1cnn(C)c1)N(C)C)NCCCCC1CCCC1. The van der Waals surface area contributed by atoms with E-state index in [9.17, 15) is 0 Å². The first kappa shape index (κ1) is 20.7. The smallest absolute Gasteiger partial charge is 0.191 e. The number of hydrogen-bond acceptors (Lipinski definition) is 3. The molecule has 0 aromatic carbocycles. The van der Waals surface area contributed by atoms with Gasteiger partial charge in [0.2, 0.25) is 0 Å². The van der Waals surface area contributed by atoms with E-state index >= 15 is 0 Å². The predicted octanol–water partition coefficient (Wildman–Crippen LogP) is 2.94. The van der Waals surface area contributed by atoms with Gasteiger partial charge in [-0.05, 0) is 33.4 Å². The number of nitrogens with zero attached hydrogens (tertiary/aromatic N) is 4. The lowest BCUT2D eigenvalue weighted by Gasteiger charge is -2.22. The zero-order valence-electron chi connectivity index (χ0n) is 17.2. The summed E-state index contributed by atoms with van der Waals surface area (Å²) in [5.74, 6) is 1.92. The van der Waals surface area contributed by atoms with Gasteiger partial charge >= 0.3 is 0 Å². The standard InChI is InChI=1S/C20H38N6/c1-5-21-20(22-13-9-8-12-17-10-6-7-11-17)23-15-19(25(2)3)18-14-24-26(4)16-18/h14,16-17,19H,5-13,15H2,1-4H3,(H2,21,22,23). The summed E-state index contributed by atoms with van der Waals surface area (Å²) >= 11 is 0. The molecule has 26 heavy (non-hydrogen) atoms. The van der Waals surface area contributed by atoms with Gasteiger partial charge in [0.15, 0.2) is 5.96 Å². The second-order valence-electron chi connectivity index (χ2n) is 7.72. The summed E-state index contributed by atoms with van der Waals surface area (Å²) in [5.41, 5.74) is 1.20. The molecule has 148 valence electrons. The van der Waals surface area contributed by atoms with Gasteiger partial charge in [0.1, 0.15) is 0 Å². The maximum atomic E-state index is 4.81. The van der Waals surface area contributed by atoms with E-state index < -0.39 is 0 Å². The van der Waals surface area contributed by atoms with Crippen LogP contribution in [0, 0.1) is 5.92 Å². The highest BCUT2D eigenvalue weighted by Crippen LogP contribution is 2.28. The maximum Gasteiger partial charge on any atom is 0.191 e. The number of unbranched alkanes of at least 4 members (excludes halogenated alkanes) is 1. The van der Waals surface area contributed by atoms with Crippen LogP contribution >= 0.6 is 0 Å². The quantitative estimate of drug-likeness (QED) is 0.382. The molecule has 1 fully saturated rings. The normalized spacial score (nSPS) is 17.0. The van der Waals surface area contributed by atoms with Crippen molar-refractivity contribution in [1.82, 2.24) is 25.3 Å². The Bertz CT molecular complexity index is 530. The largest absolute Gasteiger partial charge is 0.357 e. The second-order valence-corrected chi connectivity index (χ2v) is 7.72. The number of likely N-dealkylation sites (N-methyl/N-ethyl adjacent to an activating group) is 1. The van der Waals surface area contributed by atoms with E-state index in [-0.39, 0.29) is 6.04 Å². The van der Waals surface area contributed by atoms with Crippen molar-refractivity contribution in [3.63, 3.8) is 0 Å². The van der Waals surface area contributed by atoms with Crippen molar-refractivity contribution in [2.75, 3.05) is 33.7 Å². The molecule has 1 aromatic heterocycles. The third-order valence-electron chi connectivity index (χ3n) is 5.31. The molecule has 0 aliphatic heterocycles. The highest BCUT2D eigenvalue weighted by Gasteiger charge is 2.16. The Balaban J connectivity index is 1.78. The minimum Gasteiger partial charge on any atom is -0.357 e. The van der Waals surface area contributed by atoms with E-state index in [4.69, 9.17) is 4.99 Å². The van der Waals surface area contributed by atoms with Gasteiger partial charge in [0, 0.05) is 31.9 Å². The van der Waals surface area contributed by atoms with Gasteiger partial charge in [-0.3, -0.25) is 9.67 Å². The highest BCUT2D eigenvalue weighted by atomic mass is 15.2. The van der Waals surface area contributed by atoms with Crippen molar-refractivity contribution in [3.8, 4) is 0 Å². The fraction of sp³-hybridized carbons (Fsp3) is 0.800. The summed E-state index contributed by atoms with van der Waals surface area (Å²) in [6.45, 7) is 4.71. The summed E-state index contributed by atoms with van der Waals surface area (Å²) in [5, 5.41) is 11.2. The van der Waals surface area contributed by atoms with Crippen LogP contribution in [-0.4, -0.2) is 54.4 Å². The highest BCUT2D eigenvalue weighted by molar-refractivity contribution is 5.79. The number of aryl methyl sites for hydroxylation is 1. The van der Waals surface area contributed by atoms with Crippen molar-refractivity contribution in [2.45, 2.75) is 57.9 Å². The van der Waals surface area contributed by atoms with Gasteiger partial charge in [0.05, 0.1) is 18.8 Å². The van der Waals surface area contributed by atoms with Crippen molar-refractivity contribution in [2.24, 2.45) is 18.0 Å². The average Bonchev–Trinajstić information content (AvgIpc) is 3.26. The predicted molar refractivity (Wildman–Crippen MR) is 109 cm³/mol. The summed E-state index contributed by atoms with van der Waals surface area (Å²) in [6, 6.07) is 0.238. The van der Waals surface area contributed by atoms with E-state index in [1.165, 1.54) is 50.5 Å². The molecule has 2 rings (SSSR count). The monoisotopic (exact) mass is 362 g/mol. The van der Waals surface area contributed by atoms with Crippen LogP contribution in [0.4, 0.5) is 0 Å². The lowest BCUT2D eigenvalue weighted by atomic mass is 10.0. The Morgan fingerprint density at radius 1 is 1.31 bits per heavy atom. The summed E-state index contributed by atoms with van der Waals surface area (Å²) in [7, 11) is 6.14. The molecule has 6 nitrogen and oxygen atoms in total. The molecule has 1 heterocycles. The van der Waals surface area contributed by atoms with Gasteiger partial charge < -0.3 is 15.5 Å². The van der Waals surface area contributed by atoms with Crippen LogP contribution in [0.5, 0.6) is 0 Å². The molecule has 1 aliphatic carbocycles. The van der Waals surface area contributed by atoms with Crippen LogP contribution in [0.15, 0.2) is 17.4 Å². The first-order valence-electron chi connectivity index (χ1n) is 10.3. The molecule has 1 aromatic rings. The number of hydrogen-bond donors (Lipinski definition) is 2. The Morgan fingerprint density at radius 3 is 2.69 bits per heavy atom. The number of nitrogens with one attached hydrogen (secondary N) is 2. The zero-order chi connectivity index (χ0) is 18.8. The molecule has 2 N–H and O–H groups in total. The van der Waals surface area contributed by atoms with Gasteiger partial charge in [-0.1, -0.05) is 38.5 Å². The lowest BCUT2D eigenvalue weighted by Crippen LogP contribution is -2.38. The van der Waals surface area contributed by atoms with Crippen molar-refractivity contribution < 1.29 is 0 Å². The van der Waals surface area contributed by atoms with Crippen molar-refractivity contribution in [1.29, 1.82) is 0 Å². The molecule has 0 bridgehead atoms. The number of aliphatic imine (C=N–C) groups is 1. The van der Waals surface area contributed by atoms with Crippen LogP contribution in [-0.2, 0) is 7.05 Å². The fourth-order valence-electron chi connectivity index (χ4n) is 3.76. The van der Waals surface area contributed by atoms with E-state index in [2.05, 4.69) is 47.8 Å². The third kappa shape index (κ3) is 6.98. The van der Waals surface area contributed by atoms with Gasteiger partial charge in [-0.25, -0.2) is 0 Å². The summed E-state index contributed by atoms with van der Waals surface area (Å²) in [6.07, 6.45) is 13.8. The summed E-state index contributed by atoms with van der Waals surface area (Å²) < 4.78 is 1.85. The molecule has 0 amide bonds. The zero-order valence-corrected chi connectivity index (χ0v) is 17.2.